The summed E-state index contributed by atoms with van der Waals surface area (Å²) in [5, 5.41) is 0.228. The zero-order chi connectivity index (χ0) is 13.1. The van der Waals surface area contributed by atoms with E-state index in [0.717, 1.165) is 0 Å². The lowest BCUT2D eigenvalue weighted by atomic mass is 10.3. The average Bonchev–Trinajstić information content (AvgIpc) is 2.21. The molecule has 0 amide bonds. The van der Waals surface area contributed by atoms with Crippen LogP contribution in [0.5, 0.6) is 0 Å². The summed E-state index contributed by atoms with van der Waals surface area (Å²) in [7, 11) is 0. The van der Waals surface area contributed by atoms with Crippen LogP contribution in [0.1, 0.15) is 26.5 Å². The molecule has 1 heterocycles. The van der Waals surface area contributed by atoms with Gasteiger partial charge in [-0.1, -0.05) is 16.0 Å². The van der Waals surface area contributed by atoms with Crippen LogP contribution in [0.25, 0.3) is 0 Å². The van der Waals surface area contributed by atoms with E-state index in [0.29, 0.717) is 0 Å². The van der Waals surface area contributed by atoms with Gasteiger partial charge in [0, 0.05) is 6.42 Å². The van der Waals surface area contributed by atoms with Crippen molar-refractivity contribution in [1.29, 1.82) is 0 Å². The number of hydrogen-bond donors (Lipinski definition) is 0. The van der Waals surface area contributed by atoms with Crippen LogP contribution >= 0.6 is 11.6 Å². The van der Waals surface area contributed by atoms with E-state index in [9.17, 15) is 8.94 Å². The van der Waals surface area contributed by atoms with E-state index in [1.165, 1.54) is 18.3 Å². The van der Waals surface area contributed by atoms with Gasteiger partial charge >= 0.3 is 0 Å². The number of halogens is 2. The molecule has 0 N–H and O–H groups in total. The third-order valence-corrected chi connectivity index (χ3v) is 3.46. The van der Waals surface area contributed by atoms with Gasteiger partial charge in [-0.2, -0.15) is 0 Å². The zero-order valence-electron chi connectivity index (χ0n) is 9.91. The largest absolute Gasteiger partial charge is 0.591 e. The van der Waals surface area contributed by atoms with Crippen molar-refractivity contribution < 1.29 is 8.94 Å². The summed E-state index contributed by atoms with van der Waals surface area (Å²) in [6, 6.07) is 2.63. The van der Waals surface area contributed by atoms with E-state index in [1.54, 1.807) is 0 Å². The molecule has 17 heavy (non-hydrogen) atoms. The van der Waals surface area contributed by atoms with Crippen LogP contribution in [-0.2, 0) is 17.8 Å². The molecule has 3 nitrogen and oxygen atoms in total. The lowest BCUT2D eigenvalue weighted by Crippen LogP contribution is -2.25. The Kier molecular flexibility index (Phi) is 4.91. The number of aromatic nitrogens is 1. The minimum absolute atomic E-state index is 0.175. The van der Waals surface area contributed by atoms with Crippen molar-refractivity contribution in [3.05, 3.63) is 28.8 Å². The summed E-state index contributed by atoms with van der Waals surface area (Å²) >= 11 is 4.31. The van der Waals surface area contributed by atoms with Gasteiger partial charge in [-0.3, -0.25) is 0 Å². The molecule has 0 aliphatic carbocycles. The summed E-state index contributed by atoms with van der Waals surface area (Å²) in [5.74, 6) is -0.442. The molecule has 94 valence electrons. The van der Waals surface area contributed by atoms with Gasteiger partial charge in [0.05, 0.1) is 11.9 Å². The normalized spacial score (nSPS) is 14.2. The first-order valence-electron chi connectivity index (χ1n) is 5.06. The molecular formula is C11H14ClFN2OS. The van der Waals surface area contributed by atoms with Crippen molar-refractivity contribution in [2.75, 3.05) is 0 Å². The predicted octanol–water partition coefficient (Wildman–Crippen LogP) is 2.95. The fraction of sp³-hybridized carbons (Fsp3) is 0.455. The van der Waals surface area contributed by atoms with E-state index in [4.69, 9.17) is 11.6 Å². The molecule has 0 spiro atoms. The first kappa shape index (κ1) is 14.4. The summed E-state index contributed by atoms with van der Waals surface area (Å²) in [5.41, 5.74) is 0.201. The molecule has 6 heteroatoms. The molecule has 0 unspecified atom stereocenters. The van der Waals surface area contributed by atoms with E-state index in [2.05, 4.69) is 9.38 Å². The Bertz CT molecular complexity index is 420. The van der Waals surface area contributed by atoms with Gasteiger partial charge in [0.15, 0.2) is 0 Å². The second-order valence-corrected chi connectivity index (χ2v) is 6.74. The Hall–Kier alpha value is -0.650. The summed E-state index contributed by atoms with van der Waals surface area (Å²) in [6.45, 7) is 5.45. The third-order valence-electron chi connectivity index (χ3n) is 1.86. The SMILES string of the molecule is CC(C)(C)[S@@+]([O-])/N=C/Cc1nc(Cl)ccc1F. The molecule has 0 bridgehead atoms. The highest BCUT2D eigenvalue weighted by Crippen LogP contribution is 2.16. The van der Waals surface area contributed by atoms with Gasteiger partial charge in [0.25, 0.3) is 0 Å². The number of nitrogens with zero attached hydrogens (tertiary/aromatic N) is 2. The highest BCUT2D eigenvalue weighted by Gasteiger charge is 2.25. The Balaban J connectivity index is 2.67. The van der Waals surface area contributed by atoms with Crippen molar-refractivity contribution in [2.24, 2.45) is 4.40 Å². The van der Waals surface area contributed by atoms with Crippen LogP contribution in [-0.4, -0.2) is 20.5 Å². The molecule has 0 aliphatic rings. The smallest absolute Gasteiger partial charge is 0.145 e. The van der Waals surface area contributed by atoms with E-state index in [1.807, 2.05) is 20.8 Å². The van der Waals surface area contributed by atoms with Gasteiger partial charge in [0.2, 0.25) is 0 Å². The number of hydrogen-bond acceptors (Lipinski definition) is 3. The molecule has 1 atom stereocenters. The van der Waals surface area contributed by atoms with Gasteiger partial charge in [-0.15, -0.1) is 0 Å². The predicted molar refractivity (Wildman–Crippen MR) is 69.3 cm³/mol. The topological polar surface area (TPSA) is 48.3 Å². The second kappa shape index (κ2) is 5.80. The van der Waals surface area contributed by atoms with Gasteiger partial charge in [-0.25, -0.2) is 9.37 Å². The maximum absolute atomic E-state index is 13.3. The highest BCUT2D eigenvalue weighted by molar-refractivity contribution is 7.91. The standard InChI is InChI=1S/C11H14ClFN2OS/c1-11(2,3)17(16)14-7-6-9-8(13)4-5-10(12)15-9/h4-5,7H,6H2,1-3H3/b14-7+/t17-/m1/s1. The van der Waals surface area contributed by atoms with Crippen molar-refractivity contribution in [3.8, 4) is 0 Å². The first-order valence-corrected chi connectivity index (χ1v) is 6.54. The van der Waals surface area contributed by atoms with Crippen LogP contribution in [0.15, 0.2) is 16.5 Å². The second-order valence-electron chi connectivity index (χ2n) is 4.42. The van der Waals surface area contributed by atoms with Gasteiger partial charge in [0.1, 0.15) is 27.1 Å². The molecule has 0 fully saturated rings. The monoisotopic (exact) mass is 276 g/mol. The Morgan fingerprint density at radius 3 is 2.76 bits per heavy atom. The Labute approximate surface area is 108 Å². The van der Waals surface area contributed by atoms with Crippen LogP contribution in [0.3, 0.4) is 0 Å². The molecular weight excluding hydrogens is 263 g/mol. The first-order chi connectivity index (χ1) is 7.80. The summed E-state index contributed by atoms with van der Waals surface area (Å²) in [4.78, 5) is 3.83. The highest BCUT2D eigenvalue weighted by atomic mass is 35.5. The number of rotatable bonds is 3. The lowest BCUT2D eigenvalue weighted by Gasteiger charge is -2.17. The van der Waals surface area contributed by atoms with Crippen LogP contribution in [0.2, 0.25) is 5.15 Å². The molecule has 1 rings (SSSR count). The Morgan fingerprint density at radius 2 is 2.18 bits per heavy atom. The van der Waals surface area contributed by atoms with Crippen molar-refractivity contribution in [2.45, 2.75) is 31.9 Å². The Morgan fingerprint density at radius 1 is 1.53 bits per heavy atom. The van der Waals surface area contributed by atoms with Crippen LogP contribution in [0, 0.1) is 5.82 Å². The lowest BCUT2D eigenvalue weighted by molar-refractivity contribution is 0.561. The zero-order valence-corrected chi connectivity index (χ0v) is 11.5. The van der Waals surface area contributed by atoms with Crippen molar-refractivity contribution >= 4 is 29.2 Å². The fourth-order valence-electron chi connectivity index (χ4n) is 0.950. The molecule has 0 radical (unpaired) electrons. The molecule has 1 aromatic heterocycles. The molecule has 0 saturated carbocycles. The van der Waals surface area contributed by atoms with Crippen molar-refractivity contribution in [1.82, 2.24) is 4.98 Å². The fourth-order valence-corrected chi connectivity index (χ4v) is 1.64. The quantitative estimate of drug-likeness (QED) is 0.484. The van der Waals surface area contributed by atoms with Crippen LogP contribution < -0.4 is 0 Å². The molecule has 0 aromatic carbocycles. The maximum atomic E-state index is 13.3. The summed E-state index contributed by atoms with van der Waals surface area (Å²) in [6.07, 6.45) is 1.58. The minimum Gasteiger partial charge on any atom is -0.591 e. The van der Waals surface area contributed by atoms with E-state index in [-0.39, 0.29) is 17.3 Å². The number of pyridine rings is 1. The minimum atomic E-state index is -1.34. The van der Waals surface area contributed by atoms with E-state index < -0.39 is 21.9 Å². The average molecular weight is 277 g/mol. The van der Waals surface area contributed by atoms with E-state index >= 15 is 0 Å². The molecule has 0 aliphatic heterocycles. The van der Waals surface area contributed by atoms with Crippen LogP contribution in [0.4, 0.5) is 4.39 Å². The van der Waals surface area contributed by atoms with Crippen molar-refractivity contribution in [3.63, 3.8) is 0 Å². The maximum Gasteiger partial charge on any atom is 0.145 e. The molecule has 0 saturated heterocycles. The third kappa shape index (κ3) is 4.61. The molecule has 1 aromatic rings. The summed E-state index contributed by atoms with van der Waals surface area (Å²) < 4.78 is 28.3. The van der Waals surface area contributed by atoms with Gasteiger partial charge < -0.3 is 4.55 Å². The van der Waals surface area contributed by atoms with Gasteiger partial charge in [-0.05, 0) is 32.9 Å².